The zero-order valence-corrected chi connectivity index (χ0v) is 11.6. The number of hydrogen-bond acceptors (Lipinski definition) is 3. The summed E-state index contributed by atoms with van der Waals surface area (Å²) < 4.78 is 39.1. The van der Waals surface area contributed by atoms with E-state index in [2.05, 4.69) is 4.72 Å². The highest BCUT2D eigenvalue weighted by Gasteiger charge is 2.19. The Morgan fingerprint density at radius 3 is 2.78 bits per heavy atom. The lowest BCUT2D eigenvalue weighted by Gasteiger charge is -2.12. The Labute approximate surface area is 111 Å². The predicted molar refractivity (Wildman–Crippen MR) is 69.5 cm³/mol. The highest BCUT2D eigenvalue weighted by molar-refractivity contribution is 7.89. The average molecular weight is 295 g/mol. The van der Waals surface area contributed by atoms with Gasteiger partial charge in [0.05, 0.1) is 5.02 Å². The molecular formula is C11H16ClFN2O2S. The molecule has 0 aliphatic carbocycles. The fourth-order valence-electron chi connectivity index (χ4n) is 1.45. The molecule has 0 heterocycles. The van der Waals surface area contributed by atoms with E-state index in [4.69, 9.17) is 17.3 Å². The quantitative estimate of drug-likeness (QED) is 0.841. The van der Waals surface area contributed by atoms with Gasteiger partial charge in [-0.2, -0.15) is 0 Å². The Hall–Kier alpha value is -0.690. The molecule has 0 saturated carbocycles. The van der Waals surface area contributed by atoms with Gasteiger partial charge in [0.2, 0.25) is 10.0 Å². The van der Waals surface area contributed by atoms with Gasteiger partial charge in [-0.25, -0.2) is 17.5 Å². The number of rotatable bonds is 6. The van der Waals surface area contributed by atoms with Crippen molar-refractivity contribution in [2.45, 2.75) is 30.7 Å². The van der Waals surface area contributed by atoms with Crippen molar-refractivity contribution in [3.8, 4) is 0 Å². The Kier molecular flexibility index (Phi) is 5.52. The van der Waals surface area contributed by atoms with Crippen LogP contribution in [0.25, 0.3) is 0 Å². The number of nitrogens with one attached hydrogen (secondary N) is 1. The predicted octanol–water partition coefficient (Wildman–Crippen LogP) is 1.88. The van der Waals surface area contributed by atoms with Crippen LogP contribution in [0, 0.1) is 5.82 Å². The van der Waals surface area contributed by atoms with Crippen LogP contribution in [0.4, 0.5) is 4.39 Å². The molecule has 0 aromatic heterocycles. The molecule has 0 bridgehead atoms. The third-order valence-electron chi connectivity index (χ3n) is 2.38. The summed E-state index contributed by atoms with van der Waals surface area (Å²) >= 11 is 5.74. The summed E-state index contributed by atoms with van der Waals surface area (Å²) in [6.07, 6.45) is 1.57. The van der Waals surface area contributed by atoms with Gasteiger partial charge < -0.3 is 5.73 Å². The maximum Gasteiger partial charge on any atom is 0.242 e. The molecule has 1 aromatic carbocycles. The first kappa shape index (κ1) is 15.4. The van der Waals surface area contributed by atoms with Crippen LogP contribution in [0.15, 0.2) is 23.1 Å². The zero-order valence-electron chi connectivity index (χ0n) is 9.99. The molecule has 1 unspecified atom stereocenters. The Morgan fingerprint density at radius 2 is 2.17 bits per heavy atom. The van der Waals surface area contributed by atoms with E-state index >= 15 is 0 Å². The summed E-state index contributed by atoms with van der Waals surface area (Å²) in [6.45, 7) is 2.06. The lowest BCUT2D eigenvalue weighted by Crippen LogP contribution is -2.37. The van der Waals surface area contributed by atoms with Gasteiger partial charge in [0.15, 0.2) is 0 Å². The molecule has 0 aliphatic rings. The smallest absolute Gasteiger partial charge is 0.242 e. The largest absolute Gasteiger partial charge is 0.327 e. The summed E-state index contributed by atoms with van der Waals surface area (Å²) in [4.78, 5) is -0.270. The lowest BCUT2D eigenvalue weighted by molar-refractivity contribution is 0.551. The molecule has 1 rings (SSSR count). The SMILES string of the molecule is CCCC(N)CNS(=O)(=O)c1cc(F)ccc1Cl. The van der Waals surface area contributed by atoms with E-state index in [0.717, 1.165) is 18.6 Å². The molecule has 0 aliphatic heterocycles. The monoisotopic (exact) mass is 294 g/mol. The lowest BCUT2D eigenvalue weighted by atomic mass is 10.2. The second kappa shape index (κ2) is 6.47. The molecule has 1 aromatic rings. The van der Waals surface area contributed by atoms with Crippen molar-refractivity contribution in [2.75, 3.05) is 6.54 Å². The van der Waals surface area contributed by atoms with Crippen LogP contribution in [0.1, 0.15) is 19.8 Å². The van der Waals surface area contributed by atoms with Crippen molar-refractivity contribution >= 4 is 21.6 Å². The second-order valence-electron chi connectivity index (χ2n) is 3.98. The fraction of sp³-hybridized carbons (Fsp3) is 0.455. The van der Waals surface area contributed by atoms with E-state index in [1.807, 2.05) is 6.92 Å². The average Bonchev–Trinajstić information content (AvgIpc) is 2.30. The van der Waals surface area contributed by atoms with Gasteiger partial charge in [-0.15, -0.1) is 0 Å². The summed E-state index contributed by atoms with van der Waals surface area (Å²) in [5.41, 5.74) is 5.70. The molecular weight excluding hydrogens is 279 g/mol. The number of sulfonamides is 1. The van der Waals surface area contributed by atoms with Crippen LogP contribution in [-0.2, 0) is 10.0 Å². The normalized spacial score (nSPS) is 13.6. The first-order chi connectivity index (χ1) is 8.36. The summed E-state index contributed by atoms with van der Waals surface area (Å²) in [5, 5.41) is -0.0204. The number of benzene rings is 1. The second-order valence-corrected chi connectivity index (χ2v) is 6.12. The van der Waals surface area contributed by atoms with Crippen molar-refractivity contribution < 1.29 is 12.8 Å². The van der Waals surface area contributed by atoms with Crippen LogP contribution in [0.3, 0.4) is 0 Å². The van der Waals surface area contributed by atoms with Gasteiger partial charge in [-0.05, 0) is 24.6 Å². The van der Waals surface area contributed by atoms with Gasteiger partial charge >= 0.3 is 0 Å². The molecule has 4 nitrogen and oxygen atoms in total. The first-order valence-corrected chi connectivity index (χ1v) is 7.43. The highest BCUT2D eigenvalue weighted by Crippen LogP contribution is 2.21. The third kappa shape index (κ3) is 4.20. The number of hydrogen-bond donors (Lipinski definition) is 2. The number of nitrogens with two attached hydrogens (primary N) is 1. The van der Waals surface area contributed by atoms with Gasteiger partial charge in [0.1, 0.15) is 10.7 Å². The molecule has 18 heavy (non-hydrogen) atoms. The van der Waals surface area contributed by atoms with Gasteiger partial charge in [-0.3, -0.25) is 0 Å². The van der Waals surface area contributed by atoms with E-state index < -0.39 is 15.8 Å². The molecule has 0 spiro atoms. The van der Waals surface area contributed by atoms with Crippen LogP contribution in [0.5, 0.6) is 0 Å². The summed E-state index contributed by atoms with van der Waals surface area (Å²) in [5.74, 6) is -0.655. The molecule has 0 saturated heterocycles. The van der Waals surface area contributed by atoms with Crippen LogP contribution in [0.2, 0.25) is 5.02 Å². The number of halogens is 2. The first-order valence-electron chi connectivity index (χ1n) is 5.57. The molecule has 102 valence electrons. The third-order valence-corrected chi connectivity index (χ3v) is 4.28. The van der Waals surface area contributed by atoms with Crippen LogP contribution in [-0.4, -0.2) is 21.0 Å². The Bertz CT molecular complexity index is 508. The van der Waals surface area contributed by atoms with E-state index in [-0.39, 0.29) is 22.5 Å². The summed E-state index contributed by atoms with van der Waals surface area (Å²) in [7, 11) is -3.83. The Balaban J connectivity index is 2.83. The summed E-state index contributed by atoms with van der Waals surface area (Å²) in [6, 6.07) is 2.93. The van der Waals surface area contributed by atoms with Crippen molar-refractivity contribution in [1.82, 2.24) is 4.72 Å². The molecule has 0 fully saturated rings. The van der Waals surface area contributed by atoms with E-state index in [0.29, 0.717) is 6.42 Å². The molecule has 0 radical (unpaired) electrons. The maximum absolute atomic E-state index is 13.0. The van der Waals surface area contributed by atoms with Crippen LogP contribution >= 0.6 is 11.6 Å². The van der Waals surface area contributed by atoms with E-state index in [9.17, 15) is 12.8 Å². The maximum atomic E-state index is 13.0. The van der Waals surface area contributed by atoms with E-state index in [1.165, 1.54) is 6.07 Å². The van der Waals surface area contributed by atoms with Gasteiger partial charge in [-0.1, -0.05) is 24.9 Å². The molecule has 3 N–H and O–H groups in total. The minimum Gasteiger partial charge on any atom is -0.327 e. The highest BCUT2D eigenvalue weighted by atomic mass is 35.5. The van der Waals surface area contributed by atoms with Crippen molar-refractivity contribution in [3.05, 3.63) is 29.0 Å². The van der Waals surface area contributed by atoms with Gasteiger partial charge in [0.25, 0.3) is 0 Å². The minimum atomic E-state index is -3.83. The van der Waals surface area contributed by atoms with Crippen molar-refractivity contribution in [3.63, 3.8) is 0 Å². The standard InChI is InChI=1S/C11H16ClFN2O2S/c1-2-3-9(14)7-15-18(16,17)11-6-8(13)4-5-10(11)12/h4-6,9,15H,2-3,7,14H2,1H3. The minimum absolute atomic E-state index is 0.0204. The molecule has 1 atom stereocenters. The van der Waals surface area contributed by atoms with Crippen molar-refractivity contribution in [1.29, 1.82) is 0 Å². The topological polar surface area (TPSA) is 72.2 Å². The molecule has 7 heteroatoms. The zero-order chi connectivity index (χ0) is 13.8. The van der Waals surface area contributed by atoms with E-state index in [1.54, 1.807) is 0 Å². The molecule has 0 amide bonds. The van der Waals surface area contributed by atoms with Crippen LogP contribution < -0.4 is 10.5 Å². The van der Waals surface area contributed by atoms with Gasteiger partial charge in [0, 0.05) is 12.6 Å². The Morgan fingerprint density at radius 1 is 1.50 bits per heavy atom. The van der Waals surface area contributed by atoms with Crippen molar-refractivity contribution in [2.24, 2.45) is 5.73 Å². The fourth-order valence-corrected chi connectivity index (χ4v) is 3.05.